The molecule has 0 aromatic carbocycles. The van der Waals surface area contributed by atoms with Crippen molar-refractivity contribution in [2.75, 3.05) is 13.1 Å². The molecule has 1 amide bonds. The molecule has 3 heterocycles. The Labute approximate surface area is 106 Å². The van der Waals surface area contributed by atoms with Crippen LogP contribution in [-0.2, 0) is 4.74 Å². The van der Waals surface area contributed by atoms with E-state index in [1.807, 2.05) is 4.90 Å². The standard InChI is InChI=1S/C13H18N2O3/c1-8-5-10-7-15(4-3-12(10)17-8)13(16)11-6-9(2)18-14-11/h6,8,10,12H,3-5,7H2,1-2H3/t8-,10-,12+/m0/s1. The highest BCUT2D eigenvalue weighted by molar-refractivity contribution is 5.92. The lowest BCUT2D eigenvalue weighted by Crippen LogP contribution is -2.44. The molecule has 2 saturated heterocycles. The van der Waals surface area contributed by atoms with Crippen molar-refractivity contribution in [1.29, 1.82) is 0 Å². The Kier molecular flexibility index (Phi) is 2.86. The highest BCUT2D eigenvalue weighted by Gasteiger charge is 2.39. The van der Waals surface area contributed by atoms with Crippen LogP contribution in [0.3, 0.4) is 0 Å². The first-order valence-corrected chi connectivity index (χ1v) is 6.51. The monoisotopic (exact) mass is 250 g/mol. The summed E-state index contributed by atoms with van der Waals surface area (Å²) in [6.45, 7) is 5.42. The zero-order valence-corrected chi connectivity index (χ0v) is 10.8. The Hall–Kier alpha value is -1.36. The normalized spacial score (nSPS) is 31.4. The van der Waals surface area contributed by atoms with Crippen LogP contribution in [-0.4, -0.2) is 41.3 Å². The van der Waals surface area contributed by atoms with Crippen molar-refractivity contribution in [3.05, 3.63) is 17.5 Å². The van der Waals surface area contributed by atoms with Crippen LogP contribution in [0.5, 0.6) is 0 Å². The number of piperidine rings is 1. The molecule has 3 atom stereocenters. The number of rotatable bonds is 1. The summed E-state index contributed by atoms with van der Waals surface area (Å²) in [6.07, 6.45) is 2.64. The number of ether oxygens (including phenoxy) is 1. The highest BCUT2D eigenvalue weighted by atomic mass is 16.5. The lowest BCUT2D eigenvalue weighted by molar-refractivity contribution is 0.00840. The molecule has 18 heavy (non-hydrogen) atoms. The van der Waals surface area contributed by atoms with E-state index in [-0.39, 0.29) is 5.91 Å². The fraction of sp³-hybridized carbons (Fsp3) is 0.692. The fourth-order valence-corrected chi connectivity index (χ4v) is 3.01. The molecule has 0 unspecified atom stereocenters. The molecule has 0 N–H and O–H groups in total. The van der Waals surface area contributed by atoms with Gasteiger partial charge in [0.25, 0.3) is 5.91 Å². The van der Waals surface area contributed by atoms with Gasteiger partial charge in [-0.25, -0.2) is 0 Å². The van der Waals surface area contributed by atoms with Crippen LogP contribution in [0.1, 0.15) is 36.0 Å². The number of aryl methyl sites for hydroxylation is 1. The highest BCUT2D eigenvalue weighted by Crippen LogP contribution is 2.32. The van der Waals surface area contributed by atoms with Crippen LogP contribution >= 0.6 is 0 Å². The van der Waals surface area contributed by atoms with E-state index in [2.05, 4.69) is 12.1 Å². The first kappa shape index (κ1) is 11.7. The Morgan fingerprint density at radius 1 is 1.56 bits per heavy atom. The smallest absolute Gasteiger partial charge is 0.276 e. The molecule has 0 saturated carbocycles. The molecule has 5 heteroatoms. The third-order valence-corrected chi connectivity index (χ3v) is 3.84. The zero-order chi connectivity index (χ0) is 12.7. The molecular formula is C13H18N2O3. The van der Waals surface area contributed by atoms with E-state index in [1.54, 1.807) is 13.0 Å². The molecule has 2 fully saturated rings. The van der Waals surface area contributed by atoms with Gasteiger partial charge in [0, 0.05) is 25.1 Å². The van der Waals surface area contributed by atoms with E-state index < -0.39 is 0 Å². The molecule has 0 spiro atoms. The largest absolute Gasteiger partial charge is 0.375 e. The van der Waals surface area contributed by atoms with Gasteiger partial charge in [-0.1, -0.05) is 5.16 Å². The maximum absolute atomic E-state index is 12.2. The van der Waals surface area contributed by atoms with Crippen molar-refractivity contribution in [3.63, 3.8) is 0 Å². The van der Waals surface area contributed by atoms with Crippen LogP contribution in [0.2, 0.25) is 0 Å². The third-order valence-electron chi connectivity index (χ3n) is 3.84. The average molecular weight is 250 g/mol. The number of likely N-dealkylation sites (tertiary alicyclic amines) is 1. The summed E-state index contributed by atoms with van der Waals surface area (Å²) < 4.78 is 10.8. The lowest BCUT2D eigenvalue weighted by atomic mass is 9.93. The van der Waals surface area contributed by atoms with Gasteiger partial charge in [-0.15, -0.1) is 0 Å². The van der Waals surface area contributed by atoms with Crippen molar-refractivity contribution in [3.8, 4) is 0 Å². The summed E-state index contributed by atoms with van der Waals surface area (Å²) in [6, 6.07) is 1.70. The lowest BCUT2D eigenvalue weighted by Gasteiger charge is -2.33. The molecule has 0 radical (unpaired) electrons. The van der Waals surface area contributed by atoms with E-state index in [0.717, 1.165) is 25.9 Å². The average Bonchev–Trinajstić information content (AvgIpc) is 2.92. The van der Waals surface area contributed by atoms with Crippen molar-refractivity contribution in [1.82, 2.24) is 10.1 Å². The molecule has 3 rings (SSSR count). The summed E-state index contributed by atoms with van der Waals surface area (Å²) in [7, 11) is 0. The quantitative estimate of drug-likeness (QED) is 0.760. The molecule has 1 aromatic heterocycles. The molecular weight excluding hydrogens is 232 g/mol. The molecule has 1 aromatic rings. The molecule has 5 nitrogen and oxygen atoms in total. The van der Waals surface area contributed by atoms with Crippen LogP contribution in [0.4, 0.5) is 0 Å². The molecule has 0 bridgehead atoms. The Morgan fingerprint density at radius 3 is 3.11 bits per heavy atom. The van der Waals surface area contributed by atoms with Gasteiger partial charge in [-0.05, 0) is 26.7 Å². The number of fused-ring (bicyclic) bond motifs is 1. The first-order chi connectivity index (χ1) is 8.63. The van der Waals surface area contributed by atoms with Gasteiger partial charge in [0.2, 0.25) is 0 Å². The van der Waals surface area contributed by atoms with E-state index in [0.29, 0.717) is 29.6 Å². The van der Waals surface area contributed by atoms with E-state index in [4.69, 9.17) is 9.26 Å². The number of carbonyl (C=O) groups is 1. The Balaban J connectivity index is 1.69. The summed E-state index contributed by atoms with van der Waals surface area (Å²) >= 11 is 0. The molecule has 2 aliphatic rings. The van der Waals surface area contributed by atoms with Crippen molar-refractivity contribution in [2.45, 2.75) is 38.9 Å². The SMILES string of the molecule is Cc1cc(C(=O)N2CC[C@H]3O[C@@H](C)C[C@H]3C2)no1. The van der Waals surface area contributed by atoms with Gasteiger partial charge < -0.3 is 14.2 Å². The number of nitrogens with zero attached hydrogens (tertiary/aromatic N) is 2. The number of aromatic nitrogens is 1. The van der Waals surface area contributed by atoms with Crippen molar-refractivity contribution >= 4 is 5.91 Å². The molecule has 2 aliphatic heterocycles. The fourth-order valence-electron chi connectivity index (χ4n) is 3.01. The minimum absolute atomic E-state index is 0.0233. The first-order valence-electron chi connectivity index (χ1n) is 6.51. The van der Waals surface area contributed by atoms with Crippen LogP contribution in [0.25, 0.3) is 0 Å². The van der Waals surface area contributed by atoms with E-state index in [1.165, 1.54) is 0 Å². The minimum Gasteiger partial charge on any atom is -0.375 e. The topological polar surface area (TPSA) is 55.6 Å². The predicted octanol–water partition coefficient (Wildman–Crippen LogP) is 1.62. The van der Waals surface area contributed by atoms with Gasteiger partial charge in [0.1, 0.15) is 5.76 Å². The van der Waals surface area contributed by atoms with Crippen molar-refractivity contribution in [2.24, 2.45) is 5.92 Å². The van der Waals surface area contributed by atoms with Crippen LogP contribution in [0, 0.1) is 12.8 Å². The Morgan fingerprint density at radius 2 is 2.39 bits per heavy atom. The summed E-state index contributed by atoms with van der Waals surface area (Å²) in [5.74, 6) is 1.13. The minimum atomic E-state index is -0.0233. The summed E-state index contributed by atoms with van der Waals surface area (Å²) in [4.78, 5) is 14.1. The van der Waals surface area contributed by atoms with Gasteiger partial charge in [0.15, 0.2) is 5.69 Å². The van der Waals surface area contributed by atoms with E-state index >= 15 is 0 Å². The van der Waals surface area contributed by atoms with E-state index in [9.17, 15) is 4.79 Å². The zero-order valence-electron chi connectivity index (χ0n) is 10.8. The predicted molar refractivity (Wildman–Crippen MR) is 64.2 cm³/mol. The Bertz CT molecular complexity index is 457. The van der Waals surface area contributed by atoms with Crippen LogP contribution < -0.4 is 0 Å². The number of carbonyl (C=O) groups excluding carboxylic acids is 1. The van der Waals surface area contributed by atoms with Crippen molar-refractivity contribution < 1.29 is 14.1 Å². The van der Waals surface area contributed by atoms with Gasteiger partial charge in [0.05, 0.1) is 12.2 Å². The van der Waals surface area contributed by atoms with Crippen LogP contribution in [0.15, 0.2) is 10.6 Å². The second kappa shape index (κ2) is 4.39. The maximum Gasteiger partial charge on any atom is 0.276 e. The molecule has 98 valence electrons. The second-order valence-electron chi connectivity index (χ2n) is 5.34. The third kappa shape index (κ3) is 2.03. The van der Waals surface area contributed by atoms with Gasteiger partial charge in [-0.2, -0.15) is 0 Å². The maximum atomic E-state index is 12.2. The molecule has 0 aliphatic carbocycles. The summed E-state index contributed by atoms with van der Waals surface area (Å²) in [5, 5.41) is 3.79. The summed E-state index contributed by atoms with van der Waals surface area (Å²) in [5.41, 5.74) is 0.415. The number of hydrogen-bond acceptors (Lipinski definition) is 4. The van der Waals surface area contributed by atoms with Gasteiger partial charge in [-0.3, -0.25) is 4.79 Å². The second-order valence-corrected chi connectivity index (χ2v) is 5.34. The number of amides is 1. The number of hydrogen-bond donors (Lipinski definition) is 0. The van der Waals surface area contributed by atoms with Gasteiger partial charge >= 0.3 is 0 Å².